The highest BCUT2D eigenvalue weighted by Gasteiger charge is 2.39. The van der Waals surface area contributed by atoms with Crippen molar-refractivity contribution < 1.29 is 24.9 Å². The molecule has 0 heterocycles. The number of hydrogen-bond donors (Lipinski definition) is 3. The Morgan fingerprint density at radius 2 is 1.78 bits per heavy atom. The van der Waals surface area contributed by atoms with Crippen molar-refractivity contribution in [2.75, 3.05) is 0 Å². The van der Waals surface area contributed by atoms with Gasteiger partial charge in [-0.2, -0.15) is 0 Å². The first-order chi connectivity index (χ1) is 13.0. The van der Waals surface area contributed by atoms with Crippen molar-refractivity contribution >= 4 is 11.8 Å². The minimum Gasteiger partial charge on any atom is -0.481 e. The van der Waals surface area contributed by atoms with Gasteiger partial charge in [0.25, 0.3) is 0 Å². The molecule has 1 aliphatic rings. The Balaban J connectivity index is 2.40. The van der Waals surface area contributed by atoms with Crippen LogP contribution in [-0.4, -0.2) is 39.3 Å². The van der Waals surface area contributed by atoms with Gasteiger partial charge in [-0.15, -0.1) is 0 Å². The van der Waals surface area contributed by atoms with Gasteiger partial charge in [0.1, 0.15) is 5.78 Å². The first-order valence-corrected chi connectivity index (χ1v) is 9.69. The van der Waals surface area contributed by atoms with Crippen LogP contribution in [0.25, 0.3) is 0 Å². The van der Waals surface area contributed by atoms with Crippen molar-refractivity contribution in [3.05, 3.63) is 48.6 Å². The van der Waals surface area contributed by atoms with Crippen molar-refractivity contribution in [3.63, 3.8) is 0 Å². The summed E-state index contributed by atoms with van der Waals surface area (Å²) >= 11 is 0. The molecule has 150 valence electrons. The van der Waals surface area contributed by atoms with Crippen LogP contribution in [0.4, 0.5) is 0 Å². The lowest BCUT2D eigenvalue weighted by atomic mass is 9.89. The van der Waals surface area contributed by atoms with Crippen LogP contribution >= 0.6 is 0 Å². The van der Waals surface area contributed by atoms with Gasteiger partial charge in [0.2, 0.25) is 0 Å². The number of carboxylic acids is 1. The summed E-state index contributed by atoms with van der Waals surface area (Å²) in [6, 6.07) is 0. The highest BCUT2D eigenvalue weighted by Crippen LogP contribution is 2.33. The van der Waals surface area contributed by atoms with E-state index in [-0.39, 0.29) is 25.0 Å². The second-order valence-electron chi connectivity index (χ2n) is 6.84. The molecule has 0 spiro atoms. The lowest BCUT2D eigenvalue weighted by Crippen LogP contribution is -2.20. The molecular formula is C22H32O5. The van der Waals surface area contributed by atoms with Crippen LogP contribution in [0, 0.1) is 11.8 Å². The second kappa shape index (κ2) is 13.2. The van der Waals surface area contributed by atoms with Gasteiger partial charge in [-0.1, -0.05) is 55.5 Å². The van der Waals surface area contributed by atoms with Crippen molar-refractivity contribution in [2.24, 2.45) is 11.8 Å². The van der Waals surface area contributed by atoms with E-state index in [1.165, 1.54) is 0 Å². The van der Waals surface area contributed by atoms with Crippen molar-refractivity contribution in [3.8, 4) is 0 Å². The molecule has 5 heteroatoms. The SMILES string of the molecule is CC/C=C\C/C=C\C/C=C\C[C@H](O)/C=C/[C@H]1[C@H](O)CC(=O)[C@H]1CCC(=O)O. The summed E-state index contributed by atoms with van der Waals surface area (Å²) < 4.78 is 0. The molecule has 1 aliphatic carbocycles. The molecule has 0 saturated heterocycles. The lowest BCUT2D eigenvalue weighted by molar-refractivity contribution is -0.137. The van der Waals surface area contributed by atoms with Gasteiger partial charge in [0, 0.05) is 24.7 Å². The van der Waals surface area contributed by atoms with E-state index in [9.17, 15) is 19.8 Å². The largest absolute Gasteiger partial charge is 0.481 e. The van der Waals surface area contributed by atoms with Crippen LogP contribution in [0.3, 0.4) is 0 Å². The van der Waals surface area contributed by atoms with Crippen molar-refractivity contribution in [1.29, 1.82) is 0 Å². The maximum Gasteiger partial charge on any atom is 0.303 e. The Hall–Kier alpha value is -1.98. The summed E-state index contributed by atoms with van der Waals surface area (Å²) in [5.74, 6) is -1.96. The Morgan fingerprint density at radius 3 is 2.41 bits per heavy atom. The monoisotopic (exact) mass is 376 g/mol. The first-order valence-electron chi connectivity index (χ1n) is 9.69. The Kier molecular flexibility index (Phi) is 11.3. The fourth-order valence-corrected chi connectivity index (χ4v) is 3.15. The number of carboxylic acid groups (broad SMARTS) is 1. The quantitative estimate of drug-likeness (QED) is 0.453. The number of ketones is 1. The number of rotatable bonds is 12. The van der Waals surface area contributed by atoms with Gasteiger partial charge in [-0.25, -0.2) is 0 Å². The van der Waals surface area contributed by atoms with Crippen LogP contribution in [0.2, 0.25) is 0 Å². The number of aliphatic hydroxyl groups excluding tert-OH is 2. The minimum atomic E-state index is -0.951. The molecule has 5 nitrogen and oxygen atoms in total. The van der Waals surface area contributed by atoms with E-state index in [1.54, 1.807) is 12.2 Å². The van der Waals surface area contributed by atoms with E-state index in [2.05, 4.69) is 31.2 Å². The first kappa shape index (κ1) is 23.1. The number of allylic oxidation sites excluding steroid dienone is 5. The average Bonchev–Trinajstić information content (AvgIpc) is 2.89. The summed E-state index contributed by atoms with van der Waals surface area (Å²) in [5, 5.41) is 28.9. The fourth-order valence-electron chi connectivity index (χ4n) is 3.15. The predicted octanol–water partition coefficient (Wildman–Crippen LogP) is 3.58. The molecule has 0 aromatic heterocycles. The highest BCUT2D eigenvalue weighted by molar-refractivity contribution is 5.85. The number of Topliss-reactive ketones (excluding diaryl/α,β-unsaturated/α-hetero) is 1. The molecule has 0 aromatic rings. The summed E-state index contributed by atoms with van der Waals surface area (Å²) in [4.78, 5) is 22.7. The van der Waals surface area contributed by atoms with Gasteiger partial charge in [0.15, 0.2) is 0 Å². The molecule has 0 aliphatic heterocycles. The summed E-state index contributed by atoms with van der Waals surface area (Å²) in [6.07, 6.45) is 17.5. The molecule has 1 saturated carbocycles. The zero-order valence-corrected chi connectivity index (χ0v) is 16.0. The van der Waals surface area contributed by atoms with E-state index in [0.29, 0.717) is 6.42 Å². The molecule has 1 rings (SSSR count). The van der Waals surface area contributed by atoms with Crippen molar-refractivity contribution in [1.82, 2.24) is 0 Å². The fraction of sp³-hybridized carbons (Fsp3) is 0.545. The van der Waals surface area contributed by atoms with E-state index in [4.69, 9.17) is 5.11 Å². The highest BCUT2D eigenvalue weighted by atomic mass is 16.4. The molecule has 27 heavy (non-hydrogen) atoms. The maximum atomic E-state index is 11.9. The van der Waals surface area contributed by atoms with Gasteiger partial charge >= 0.3 is 5.97 Å². The van der Waals surface area contributed by atoms with Crippen LogP contribution < -0.4 is 0 Å². The molecule has 1 fully saturated rings. The van der Waals surface area contributed by atoms with Crippen LogP contribution in [-0.2, 0) is 9.59 Å². The standard InChI is InChI=1S/C22H32O5/c1-2-3-4-5-6-7-8-9-10-11-17(23)12-13-18-19(14-15-22(26)27)21(25)16-20(18)24/h3-4,6-7,9-10,12-13,17-20,23-24H,2,5,8,11,14-16H2,1H3,(H,26,27)/b4-3-,7-6-,10-9-,13-12+/t17-,18+,19-,20+/m0/s1. The Bertz CT molecular complexity index is 573. The molecule has 4 atom stereocenters. The number of carbonyl (C=O) groups is 2. The number of carbonyl (C=O) groups excluding carboxylic acids is 1. The Labute approximate surface area is 161 Å². The average molecular weight is 376 g/mol. The molecule has 0 radical (unpaired) electrons. The molecule has 0 amide bonds. The lowest BCUT2D eigenvalue weighted by Gasteiger charge is -2.17. The van der Waals surface area contributed by atoms with E-state index < -0.39 is 30.0 Å². The number of aliphatic hydroxyl groups is 2. The third-order valence-electron chi connectivity index (χ3n) is 4.62. The summed E-state index contributed by atoms with van der Waals surface area (Å²) in [7, 11) is 0. The predicted molar refractivity (Wildman–Crippen MR) is 106 cm³/mol. The number of hydrogen-bond acceptors (Lipinski definition) is 4. The molecular weight excluding hydrogens is 344 g/mol. The molecule has 0 unspecified atom stereocenters. The Morgan fingerprint density at radius 1 is 1.15 bits per heavy atom. The molecule has 3 N–H and O–H groups in total. The summed E-state index contributed by atoms with van der Waals surface area (Å²) in [6.45, 7) is 2.10. The third kappa shape index (κ3) is 9.50. The maximum absolute atomic E-state index is 11.9. The van der Waals surface area contributed by atoms with E-state index >= 15 is 0 Å². The van der Waals surface area contributed by atoms with Gasteiger partial charge < -0.3 is 15.3 Å². The topological polar surface area (TPSA) is 94.8 Å². The third-order valence-corrected chi connectivity index (χ3v) is 4.62. The zero-order valence-electron chi connectivity index (χ0n) is 16.0. The second-order valence-corrected chi connectivity index (χ2v) is 6.84. The van der Waals surface area contributed by atoms with Gasteiger partial charge in [0.05, 0.1) is 12.2 Å². The van der Waals surface area contributed by atoms with Crippen LogP contribution in [0.15, 0.2) is 48.6 Å². The number of aliphatic carboxylic acids is 1. The van der Waals surface area contributed by atoms with Crippen LogP contribution in [0.1, 0.15) is 51.9 Å². The van der Waals surface area contributed by atoms with Crippen LogP contribution in [0.5, 0.6) is 0 Å². The zero-order chi connectivity index (χ0) is 20.1. The normalized spacial score (nSPS) is 24.9. The van der Waals surface area contributed by atoms with E-state index in [0.717, 1.165) is 19.3 Å². The summed E-state index contributed by atoms with van der Waals surface area (Å²) in [5.41, 5.74) is 0. The van der Waals surface area contributed by atoms with Gasteiger partial charge in [-0.05, 0) is 32.1 Å². The van der Waals surface area contributed by atoms with Gasteiger partial charge in [-0.3, -0.25) is 9.59 Å². The van der Waals surface area contributed by atoms with Crippen molar-refractivity contribution in [2.45, 2.75) is 64.1 Å². The molecule has 0 aromatic carbocycles. The minimum absolute atomic E-state index is 0.0507. The van der Waals surface area contributed by atoms with E-state index in [1.807, 2.05) is 12.2 Å². The molecule has 0 bridgehead atoms. The smallest absolute Gasteiger partial charge is 0.303 e.